The van der Waals surface area contributed by atoms with Crippen molar-refractivity contribution in [2.45, 2.75) is 13.2 Å². The van der Waals surface area contributed by atoms with Gasteiger partial charge in [0.2, 0.25) is 0 Å². The number of rotatable bonds is 2. The van der Waals surface area contributed by atoms with Gasteiger partial charge in [-0.2, -0.15) is 0 Å². The van der Waals surface area contributed by atoms with Gasteiger partial charge in [0.1, 0.15) is 0 Å². The summed E-state index contributed by atoms with van der Waals surface area (Å²) in [5.41, 5.74) is 1.03. The van der Waals surface area contributed by atoms with Gasteiger partial charge in [0.25, 0.3) is 0 Å². The van der Waals surface area contributed by atoms with E-state index in [1.807, 2.05) is 0 Å². The number of fused-ring (bicyclic) bond motifs is 1. The van der Waals surface area contributed by atoms with E-state index in [-0.39, 0.29) is 13.2 Å². The van der Waals surface area contributed by atoms with Crippen LogP contribution in [-0.2, 0) is 13.2 Å². The zero-order chi connectivity index (χ0) is 11.7. The van der Waals surface area contributed by atoms with E-state index in [9.17, 15) is 8.78 Å². The van der Waals surface area contributed by atoms with Crippen molar-refractivity contribution in [3.8, 4) is 0 Å². The maximum Gasteiger partial charge on any atom is 0.159 e. The average molecular weight is 224 g/mol. The highest BCUT2D eigenvalue weighted by Gasteiger charge is 2.07. The monoisotopic (exact) mass is 224 g/mol. The third kappa shape index (κ3) is 1.77. The molecule has 0 atom stereocenters. The number of hydrogen-bond donors (Lipinski definition) is 2. The molecule has 0 radical (unpaired) electrons. The standard InChI is InChI=1S/C12H10F2O2/c13-11-3-7-1-9(5-15)10(6-16)2-8(7)4-12(11)14/h1-4,15-16H,5-6H2. The highest BCUT2D eigenvalue weighted by atomic mass is 19.2. The van der Waals surface area contributed by atoms with E-state index in [0.29, 0.717) is 21.9 Å². The second-order valence-corrected chi connectivity index (χ2v) is 3.55. The molecular weight excluding hydrogens is 214 g/mol. The van der Waals surface area contributed by atoms with Crippen molar-refractivity contribution < 1.29 is 19.0 Å². The molecule has 2 N–H and O–H groups in total. The maximum atomic E-state index is 13.0. The van der Waals surface area contributed by atoms with E-state index in [1.165, 1.54) is 0 Å². The SMILES string of the molecule is OCc1cc2cc(F)c(F)cc2cc1CO. The molecule has 0 unspecified atom stereocenters. The molecule has 0 saturated carbocycles. The molecule has 0 aromatic heterocycles. The molecule has 0 fully saturated rings. The Hall–Kier alpha value is -1.52. The van der Waals surface area contributed by atoms with Crippen molar-refractivity contribution in [3.63, 3.8) is 0 Å². The van der Waals surface area contributed by atoms with Gasteiger partial charge in [-0.15, -0.1) is 0 Å². The molecule has 0 aliphatic rings. The highest BCUT2D eigenvalue weighted by Crippen LogP contribution is 2.23. The van der Waals surface area contributed by atoms with E-state index < -0.39 is 11.6 Å². The lowest BCUT2D eigenvalue weighted by atomic mass is 10.0. The maximum absolute atomic E-state index is 13.0. The predicted octanol–water partition coefficient (Wildman–Crippen LogP) is 2.10. The molecule has 84 valence electrons. The fraction of sp³-hybridized carbons (Fsp3) is 0.167. The third-order valence-electron chi connectivity index (χ3n) is 2.54. The normalized spacial score (nSPS) is 11.0. The summed E-state index contributed by atoms with van der Waals surface area (Å²) in [6, 6.07) is 5.24. The molecule has 0 aliphatic heterocycles. The summed E-state index contributed by atoms with van der Waals surface area (Å²) in [5.74, 6) is -1.85. The van der Waals surface area contributed by atoms with E-state index in [0.717, 1.165) is 12.1 Å². The molecule has 2 aromatic carbocycles. The lowest BCUT2D eigenvalue weighted by Gasteiger charge is -2.07. The predicted molar refractivity (Wildman–Crippen MR) is 55.7 cm³/mol. The van der Waals surface area contributed by atoms with Crippen LogP contribution in [0.4, 0.5) is 8.78 Å². The molecule has 4 heteroatoms. The van der Waals surface area contributed by atoms with Crippen LogP contribution >= 0.6 is 0 Å². The first-order chi connectivity index (χ1) is 7.65. The lowest BCUT2D eigenvalue weighted by Crippen LogP contribution is -1.95. The van der Waals surface area contributed by atoms with Gasteiger partial charge in [0.05, 0.1) is 13.2 Å². The van der Waals surface area contributed by atoms with Crippen LogP contribution in [-0.4, -0.2) is 10.2 Å². The van der Waals surface area contributed by atoms with Gasteiger partial charge < -0.3 is 10.2 Å². The zero-order valence-electron chi connectivity index (χ0n) is 8.37. The Morgan fingerprint density at radius 1 is 0.750 bits per heavy atom. The van der Waals surface area contributed by atoms with Crippen LogP contribution in [0.2, 0.25) is 0 Å². The van der Waals surface area contributed by atoms with Crippen LogP contribution in [0, 0.1) is 11.6 Å². The number of halogens is 2. The molecule has 0 amide bonds. The number of aliphatic hydroxyl groups excluding tert-OH is 2. The number of aliphatic hydroxyl groups is 2. The van der Waals surface area contributed by atoms with Gasteiger partial charge >= 0.3 is 0 Å². The molecule has 0 bridgehead atoms. The fourth-order valence-corrected chi connectivity index (χ4v) is 1.68. The van der Waals surface area contributed by atoms with Gasteiger partial charge in [-0.1, -0.05) is 0 Å². The Balaban J connectivity index is 2.73. The Morgan fingerprint density at radius 3 is 1.44 bits per heavy atom. The third-order valence-corrected chi connectivity index (χ3v) is 2.54. The molecular formula is C12H10F2O2. The van der Waals surface area contributed by atoms with E-state index >= 15 is 0 Å². The smallest absolute Gasteiger partial charge is 0.159 e. The molecule has 16 heavy (non-hydrogen) atoms. The first-order valence-corrected chi connectivity index (χ1v) is 4.78. The van der Waals surface area contributed by atoms with E-state index in [2.05, 4.69) is 0 Å². The molecule has 0 heterocycles. The molecule has 2 nitrogen and oxygen atoms in total. The summed E-state index contributed by atoms with van der Waals surface area (Å²) < 4.78 is 26.0. The van der Waals surface area contributed by atoms with Crippen molar-refractivity contribution in [3.05, 3.63) is 47.0 Å². The Morgan fingerprint density at radius 2 is 1.12 bits per heavy atom. The van der Waals surface area contributed by atoms with Crippen LogP contribution in [0.25, 0.3) is 10.8 Å². The second kappa shape index (κ2) is 4.15. The summed E-state index contributed by atoms with van der Waals surface area (Å²) in [7, 11) is 0. The summed E-state index contributed by atoms with van der Waals surface area (Å²) in [5, 5.41) is 19.1. The Bertz CT molecular complexity index is 490. The summed E-state index contributed by atoms with van der Waals surface area (Å²) in [4.78, 5) is 0. The van der Waals surface area contributed by atoms with Gasteiger partial charge in [-0.3, -0.25) is 0 Å². The summed E-state index contributed by atoms with van der Waals surface area (Å²) in [6.07, 6.45) is 0. The van der Waals surface area contributed by atoms with Crippen molar-refractivity contribution in [1.29, 1.82) is 0 Å². The fourth-order valence-electron chi connectivity index (χ4n) is 1.68. The van der Waals surface area contributed by atoms with Gasteiger partial charge in [0.15, 0.2) is 11.6 Å². The molecule has 2 rings (SSSR count). The van der Waals surface area contributed by atoms with Crippen molar-refractivity contribution in [2.24, 2.45) is 0 Å². The topological polar surface area (TPSA) is 40.5 Å². The van der Waals surface area contributed by atoms with Crippen LogP contribution in [0.3, 0.4) is 0 Å². The quantitative estimate of drug-likeness (QED) is 0.820. The van der Waals surface area contributed by atoms with Crippen LogP contribution in [0.15, 0.2) is 24.3 Å². The Labute approximate surface area is 90.8 Å². The molecule has 0 aliphatic carbocycles. The van der Waals surface area contributed by atoms with Crippen LogP contribution < -0.4 is 0 Å². The first-order valence-electron chi connectivity index (χ1n) is 4.78. The minimum Gasteiger partial charge on any atom is -0.392 e. The molecule has 0 saturated heterocycles. The minimum atomic E-state index is -0.923. The van der Waals surface area contributed by atoms with E-state index in [1.54, 1.807) is 12.1 Å². The minimum absolute atomic E-state index is 0.245. The van der Waals surface area contributed by atoms with Gasteiger partial charge in [-0.05, 0) is 46.2 Å². The largest absolute Gasteiger partial charge is 0.392 e. The number of benzene rings is 2. The molecule has 0 spiro atoms. The summed E-state index contributed by atoms with van der Waals surface area (Å²) in [6.45, 7) is -0.490. The van der Waals surface area contributed by atoms with Gasteiger partial charge in [-0.25, -0.2) is 8.78 Å². The zero-order valence-corrected chi connectivity index (χ0v) is 8.37. The average Bonchev–Trinajstić information content (AvgIpc) is 2.29. The Kier molecular flexibility index (Phi) is 2.85. The molecule has 2 aromatic rings. The van der Waals surface area contributed by atoms with Crippen molar-refractivity contribution in [2.75, 3.05) is 0 Å². The van der Waals surface area contributed by atoms with Crippen LogP contribution in [0.1, 0.15) is 11.1 Å². The van der Waals surface area contributed by atoms with Gasteiger partial charge in [0, 0.05) is 0 Å². The lowest BCUT2D eigenvalue weighted by molar-refractivity contribution is 0.260. The highest BCUT2D eigenvalue weighted by molar-refractivity contribution is 5.84. The second-order valence-electron chi connectivity index (χ2n) is 3.55. The van der Waals surface area contributed by atoms with E-state index in [4.69, 9.17) is 10.2 Å². The van der Waals surface area contributed by atoms with Crippen molar-refractivity contribution in [1.82, 2.24) is 0 Å². The first kappa shape index (κ1) is 11.0. The summed E-state index contributed by atoms with van der Waals surface area (Å²) >= 11 is 0. The van der Waals surface area contributed by atoms with Crippen LogP contribution in [0.5, 0.6) is 0 Å². The number of hydrogen-bond acceptors (Lipinski definition) is 2. The van der Waals surface area contributed by atoms with Crippen molar-refractivity contribution >= 4 is 10.8 Å².